The van der Waals surface area contributed by atoms with Gasteiger partial charge in [0.1, 0.15) is 5.76 Å². The number of hydrogen-bond donors (Lipinski definition) is 3. The highest BCUT2D eigenvalue weighted by atomic mass is 16.4. The molecule has 6 heteroatoms. The standard InChI is InChI=1S/C12H18N2O4/c1-8(9-5-4-6-18-9)14-11(17)13-7-12(2,3)10(15)16/h4-6,8H,7H2,1-3H3,(H,15,16)(H2,13,14,17). The first-order chi connectivity index (χ1) is 8.33. The summed E-state index contributed by atoms with van der Waals surface area (Å²) in [5, 5.41) is 14.1. The Hall–Kier alpha value is -1.98. The Morgan fingerprint density at radius 2 is 2.17 bits per heavy atom. The Morgan fingerprint density at radius 3 is 2.67 bits per heavy atom. The molecule has 0 radical (unpaired) electrons. The summed E-state index contributed by atoms with van der Waals surface area (Å²) in [6.45, 7) is 4.93. The zero-order chi connectivity index (χ0) is 13.8. The number of carboxylic acids is 1. The zero-order valence-corrected chi connectivity index (χ0v) is 10.7. The van der Waals surface area contributed by atoms with Crippen LogP contribution in [0.3, 0.4) is 0 Å². The fraction of sp³-hybridized carbons (Fsp3) is 0.500. The maximum atomic E-state index is 11.6. The van der Waals surface area contributed by atoms with Crippen LogP contribution in [-0.2, 0) is 4.79 Å². The second kappa shape index (κ2) is 5.57. The third kappa shape index (κ3) is 3.80. The normalized spacial score (nSPS) is 12.8. The summed E-state index contributed by atoms with van der Waals surface area (Å²) in [7, 11) is 0. The van der Waals surface area contributed by atoms with E-state index in [0.717, 1.165) is 0 Å². The molecule has 0 aliphatic rings. The van der Waals surface area contributed by atoms with Crippen LogP contribution in [0.1, 0.15) is 32.6 Å². The highest BCUT2D eigenvalue weighted by molar-refractivity contribution is 5.77. The van der Waals surface area contributed by atoms with Crippen LogP contribution >= 0.6 is 0 Å². The highest BCUT2D eigenvalue weighted by Crippen LogP contribution is 2.14. The fourth-order valence-corrected chi connectivity index (χ4v) is 1.23. The van der Waals surface area contributed by atoms with Gasteiger partial charge in [-0.3, -0.25) is 4.79 Å². The Morgan fingerprint density at radius 1 is 1.50 bits per heavy atom. The lowest BCUT2D eigenvalue weighted by Gasteiger charge is -2.20. The lowest BCUT2D eigenvalue weighted by molar-refractivity contribution is -0.146. The minimum absolute atomic E-state index is 0.0546. The molecule has 1 unspecified atom stereocenters. The smallest absolute Gasteiger partial charge is 0.315 e. The Balaban J connectivity index is 2.41. The van der Waals surface area contributed by atoms with Gasteiger partial charge < -0.3 is 20.2 Å². The second-order valence-corrected chi connectivity index (χ2v) is 4.75. The van der Waals surface area contributed by atoms with E-state index in [9.17, 15) is 9.59 Å². The van der Waals surface area contributed by atoms with Gasteiger partial charge in [0.15, 0.2) is 0 Å². The molecular weight excluding hydrogens is 236 g/mol. The van der Waals surface area contributed by atoms with Crippen molar-refractivity contribution in [2.45, 2.75) is 26.8 Å². The van der Waals surface area contributed by atoms with Crippen molar-refractivity contribution >= 4 is 12.0 Å². The molecule has 3 N–H and O–H groups in total. The average molecular weight is 254 g/mol. The molecular formula is C12H18N2O4. The maximum absolute atomic E-state index is 11.6. The topological polar surface area (TPSA) is 91.6 Å². The van der Waals surface area contributed by atoms with Gasteiger partial charge in [0.2, 0.25) is 0 Å². The van der Waals surface area contributed by atoms with E-state index in [-0.39, 0.29) is 12.6 Å². The molecule has 2 amide bonds. The molecule has 0 aromatic carbocycles. The van der Waals surface area contributed by atoms with E-state index in [1.807, 2.05) is 0 Å². The number of carbonyl (C=O) groups excluding carboxylic acids is 1. The Bertz CT molecular complexity index is 412. The predicted molar refractivity (Wildman–Crippen MR) is 65.1 cm³/mol. The fourth-order valence-electron chi connectivity index (χ4n) is 1.23. The van der Waals surface area contributed by atoms with Crippen LogP contribution < -0.4 is 10.6 Å². The highest BCUT2D eigenvalue weighted by Gasteiger charge is 2.27. The van der Waals surface area contributed by atoms with Crippen molar-refractivity contribution in [1.82, 2.24) is 10.6 Å². The largest absolute Gasteiger partial charge is 0.481 e. The number of carboxylic acid groups (broad SMARTS) is 1. The van der Waals surface area contributed by atoms with Gasteiger partial charge in [-0.05, 0) is 32.9 Å². The van der Waals surface area contributed by atoms with E-state index in [1.165, 1.54) is 6.26 Å². The lowest BCUT2D eigenvalue weighted by Crippen LogP contribution is -2.44. The van der Waals surface area contributed by atoms with Crippen molar-refractivity contribution in [2.75, 3.05) is 6.54 Å². The van der Waals surface area contributed by atoms with Crippen molar-refractivity contribution in [3.05, 3.63) is 24.2 Å². The van der Waals surface area contributed by atoms with Gasteiger partial charge in [0.05, 0.1) is 17.7 Å². The molecule has 0 fully saturated rings. The van der Waals surface area contributed by atoms with Crippen LogP contribution in [0, 0.1) is 5.41 Å². The zero-order valence-electron chi connectivity index (χ0n) is 10.7. The van der Waals surface area contributed by atoms with E-state index in [0.29, 0.717) is 5.76 Å². The van der Waals surface area contributed by atoms with Crippen LogP contribution in [0.15, 0.2) is 22.8 Å². The minimum atomic E-state index is -0.995. The number of urea groups is 1. The number of amides is 2. The minimum Gasteiger partial charge on any atom is -0.481 e. The van der Waals surface area contributed by atoms with Crippen molar-refractivity contribution in [1.29, 1.82) is 0 Å². The summed E-state index contributed by atoms with van der Waals surface area (Å²) < 4.78 is 5.14. The molecule has 0 bridgehead atoms. The quantitative estimate of drug-likeness (QED) is 0.746. The number of hydrogen-bond acceptors (Lipinski definition) is 3. The van der Waals surface area contributed by atoms with Gasteiger partial charge in [-0.15, -0.1) is 0 Å². The number of furan rings is 1. The number of carbonyl (C=O) groups is 2. The summed E-state index contributed by atoms with van der Waals surface area (Å²) in [4.78, 5) is 22.4. The lowest BCUT2D eigenvalue weighted by atomic mass is 9.94. The van der Waals surface area contributed by atoms with Crippen molar-refractivity contribution < 1.29 is 19.1 Å². The number of rotatable bonds is 5. The summed E-state index contributed by atoms with van der Waals surface area (Å²) in [6.07, 6.45) is 1.53. The van der Waals surface area contributed by atoms with Gasteiger partial charge in [-0.1, -0.05) is 0 Å². The maximum Gasteiger partial charge on any atom is 0.315 e. The second-order valence-electron chi connectivity index (χ2n) is 4.75. The summed E-state index contributed by atoms with van der Waals surface area (Å²) in [5.74, 6) is -0.315. The van der Waals surface area contributed by atoms with E-state index >= 15 is 0 Å². The van der Waals surface area contributed by atoms with Gasteiger partial charge >= 0.3 is 12.0 Å². The molecule has 0 aliphatic heterocycles. The third-order valence-electron chi connectivity index (χ3n) is 2.59. The molecule has 1 rings (SSSR count). The Kier molecular flexibility index (Phi) is 4.36. The molecule has 1 atom stereocenters. The first-order valence-corrected chi connectivity index (χ1v) is 5.64. The molecule has 100 valence electrons. The predicted octanol–water partition coefficient (Wildman–Crippen LogP) is 1.75. The molecule has 1 heterocycles. The Labute approximate surface area is 105 Å². The van der Waals surface area contributed by atoms with E-state index in [1.54, 1.807) is 32.9 Å². The molecule has 6 nitrogen and oxygen atoms in total. The van der Waals surface area contributed by atoms with Crippen molar-refractivity contribution in [2.24, 2.45) is 5.41 Å². The summed E-state index contributed by atoms with van der Waals surface area (Å²) >= 11 is 0. The molecule has 0 saturated heterocycles. The molecule has 1 aromatic rings. The first-order valence-electron chi connectivity index (χ1n) is 5.64. The SMILES string of the molecule is CC(NC(=O)NCC(C)(C)C(=O)O)c1ccco1. The monoisotopic (exact) mass is 254 g/mol. The third-order valence-corrected chi connectivity index (χ3v) is 2.59. The van der Waals surface area contributed by atoms with E-state index < -0.39 is 17.4 Å². The van der Waals surface area contributed by atoms with Crippen LogP contribution in [0.4, 0.5) is 4.79 Å². The van der Waals surface area contributed by atoms with E-state index in [4.69, 9.17) is 9.52 Å². The van der Waals surface area contributed by atoms with Gasteiger partial charge in [-0.25, -0.2) is 4.79 Å². The van der Waals surface area contributed by atoms with Crippen molar-refractivity contribution in [3.63, 3.8) is 0 Å². The van der Waals surface area contributed by atoms with Crippen LogP contribution in [-0.4, -0.2) is 23.7 Å². The van der Waals surface area contributed by atoms with Crippen LogP contribution in [0.5, 0.6) is 0 Å². The molecule has 0 spiro atoms. The van der Waals surface area contributed by atoms with Gasteiger partial charge in [0.25, 0.3) is 0 Å². The van der Waals surface area contributed by atoms with Crippen LogP contribution in [0.25, 0.3) is 0 Å². The van der Waals surface area contributed by atoms with Gasteiger partial charge in [0, 0.05) is 6.54 Å². The van der Waals surface area contributed by atoms with E-state index in [2.05, 4.69) is 10.6 Å². The number of nitrogens with one attached hydrogen (secondary N) is 2. The molecule has 0 saturated carbocycles. The molecule has 18 heavy (non-hydrogen) atoms. The molecule has 1 aromatic heterocycles. The number of aliphatic carboxylic acids is 1. The summed E-state index contributed by atoms with van der Waals surface area (Å²) in [5.41, 5.74) is -0.995. The average Bonchev–Trinajstić information content (AvgIpc) is 2.79. The first kappa shape index (κ1) is 14.1. The van der Waals surface area contributed by atoms with Gasteiger partial charge in [-0.2, -0.15) is 0 Å². The summed E-state index contributed by atoms with van der Waals surface area (Å²) in [6, 6.07) is 2.80. The van der Waals surface area contributed by atoms with Crippen molar-refractivity contribution in [3.8, 4) is 0 Å². The van der Waals surface area contributed by atoms with Crippen LogP contribution in [0.2, 0.25) is 0 Å². The molecule has 0 aliphatic carbocycles.